The summed E-state index contributed by atoms with van der Waals surface area (Å²) in [5.41, 5.74) is 1.21. The molecule has 1 fully saturated rings. The Morgan fingerprint density at radius 3 is 2.84 bits per heavy atom. The number of carbonyl (C=O) groups excluding carboxylic acids is 1. The van der Waals surface area contributed by atoms with Gasteiger partial charge in [-0.25, -0.2) is 0 Å². The summed E-state index contributed by atoms with van der Waals surface area (Å²) >= 11 is 0. The fourth-order valence-electron chi connectivity index (χ4n) is 2.70. The molecule has 2 rings (SSSR count). The molecule has 1 aromatic carbocycles. The highest BCUT2D eigenvalue weighted by Gasteiger charge is 2.20. The van der Waals surface area contributed by atoms with Gasteiger partial charge in [0.25, 0.3) is 0 Å². The fourth-order valence-corrected chi connectivity index (χ4v) is 2.70. The minimum absolute atomic E-state index is 0.160. The summed E-state index contributed by atoms with van der Waals surface area (Å²) in [4.78, 5) is 12.1. The summed E-state index contributed by atoms with van der Waals surface area (Å²) in [5, 5.41) is 6.50. The molecule has 1 aliphatic heterocycles. The minimum Gasteiger partial charge on any atom is -0.349 e. The van der Waals surface area contributed by atoms with Crippen LogP contribution in [0.5, 0.6) is 0 Å². The zero-order valence-corrected chi connectivity index (χ0v) is 11.7. The quantitative estimate of drug-likeness (QED) is 0.825. The monoisotopic (exact) mass is 260 g/mol. The molecule has 0 spiro atoms. The lowest BCUT2D eigenvalue weighted by atomic mass is 10.0. The van der Waals surface area contributed by atoms with Crippen molar-refractivity contribution in [3.8, 4) is 0 Å². The van der Waals surface area contributed by atoms with Gasteiger partial charge in [0.2, 0.25) is 5.91 Å². The first kappa shape index (κ1) is 14.1. The van der Waals surface area contributed by atoms with Crippen LogP contribution in [-0.2, 0) is 4.79 Å². The van der Waals surface area contributed by atoms with Crippen LogP contribution in [-0.4, -0.2) is 19.0 Å². The Balaban J connectivity index is 1.90. The molecule has 1 heterocycles. The van der Waals surface area contributed by atoms with Gasteiger partial charge in [0.15, 0.2) is 0 Å². The third-order valence-corrected chi connectivity index (χ3v) is 3.75. The maximum absolute atomic E-state index is 12.1. The highest BCUT2D eigenvalue weighted by atomic mass is 16.1. The van der Waals surface area contributed by atoms with E-state index in [1.54, 1.807) is 0 Å². The third-order valence-electron chi connectivity index (χ3n) is 3.75. The summed E-state index contributed by atoms with van der Waals surface area (Å²) < 4.78 is 0. The van der Waals surface area contributed by atoms with Gasteiger partial charge in [-0.05, 0) is 37.4 Å². The van der Waals surface area contributed by atoms with Crippen LogP contribution in [0.1, 0.15) is 44.2 Å². The van der Waals surface area contributed by atoms with Crippen molar-refractivity contribution in [3.05, 3.63) is 35.9 Å². The molecular weight excluding hydrogens is 236 g/mol. The normalized spacial score (nSPS) is 20.2. The lowest BCUT2D eigenvalue weighted by Crippen LogP contribution is -2.30. The molecule has 0 bridgehead atoms. The molecule has 0 saturated carbocycles. The zero-order chi connectivity index (χ0) is 13.5. The second-order valence-electron chi connectivity index (χ2n) is 5.38. The van der Waals surface area contributed by atoms with Crippen LogP contribution < -0.4 is 10.6 Å². The van der Waals surface area contributed by atoms with Gasteiger partial charge in [-0.1, -0.05) is 43.7 Å². The van der Waals surface area contributed by atoms with Crippen LogP contribution in [0.15, 0.2) is 30.3 Å². The Hall–Kier alpha value is -1.35. The molecule has 2 unspecified atom stereocenters. The Bertz CT molecular complexity index is 385. The molecule has 2 N–H and O–H groups in total. The highest BCUT2D eigenvalue weighted by molar-refractivity contribution is 5.76. The molecule has 0 radical (unpaired) electrons. The SMILES string of the molecule is CCCC(NC(=O)CC1CCNC1)c1ccccc1. The van der Waals surface area contributed by atoms with Crippen molar-refractivity contribution < 1.29 is 4.79 Å². The summed E-state index contributed by atoms with van der Waals surface area (Å²) in [6.45, 7) is 4.19. The first-order valence-corrected chi connectivity index (χ1v) is 7.34. The van der Waals surface area contributed by atoms with E-state index in [-0.39, 0.29) is 11.9 Å². The number of hydrogen-bond acceptors (Lipinski definition) is 2. The van der Waals surface area contributed by atoms with Crippen molar-refractivity contribution in [1.82, 2.24) is 10.6 Å². The molecule has 2 atom stereocenters. The predicted molar refractivity (Wildman–Crippen MR) is 77.8 cm³/mol. The van der Waals surface area contributed by atoms with Crippen LogP contribution >= 0.6 is 0 Å². The Morgan fingerprint density at radius 1 is 1.42 bits per heavy atom. The van der Waals surface area contributed by atoms with Crippen molar-refractivity contribution >= 4 is 5.91 Å². The Morgan fingerprint density at radius 2 is 2.21 bits per heavy atom. The molecule has 0 aromatic heterocycles. The second kappa shape index (κ2) is 7.29. The summed E-state index contributed by atoms with van der Waals surface area (Å²) in [7, 11) is 0. The lowest BCUT2D eigenvalue weighted by Gasteiger charge is -2.19. The van der Waals surface area contributed by atoms with Crippen LogP contribution in [0.3, 0.4) is 0 Å². The largest absolute Gasteiger partial charge is 0.349 e. The van der Waals surface area contributed by atoms with Crippen LogP contribution in [0.4, 0.5) is 0 Å². The first-order valence-electron chi connectivity index (χ1n) is 7.34. The van der Waals surface area contributed by atoms with Gasteiger partial charge in [0.05, 0.1) is 6.04 Å². The number of amides is 1. The van der Waals surface area contributed by atoms with E-state index >= 15 is 0 Å². The number of carbonyl (C=O) groups is 1. The average molecular weight is 260 g/mol. The van der Waals surface area contributed by atoms with E-state index in [1.807, 2.05) is 18.2 Å². The topological polar surface area (TPSA) is 41.1 Å². The lowest BCUT2D eigenvalue weighted by molar-refractivity contribution is -0.122. The molecule has 3 nitrogen and oxygen atoms in total. The van der Waals surface area contributed by atoms with Crippen LogP contribution in [0.25, 0.3) is 0 Å². The van der Waals surface area contributed by atoms with Gasteiger partial charge in [-0.2, -0.15) is 0 Å². The maximum atomic E-state index is 12.1. The van der Waals surface area contributed by atoms with E-state index in [1.165, 1.54) is 5.56 Å². The van der Waals surface area contributed by atoms with E-state index < -0.39 is 0 Å². The first-order chi connectivity index (χ1) is 9.29. The molecule has 1 aromatic rings. The maximum Gasteiger partial charge on any atom is 0.220 e. The van der Waals surface area contributed by atoms with E-state index in [0.717, 1.165) is 32.4 Å². The van der Waals surface area contributed by atoms with E-state index in [2.05, 4.69) is 29.7 Å². The summed E-state index contributed by atoms with van der Waals surface area (Å²) in [6, 6.07) is 10.4. The predicted octanol–water partition coefficient (Wildman–Crippen LogP) is 2.64. The van der Waals surface area contributed by atoms with Gasteiger partial charge in [0.1, 0.15) is 0 Å². The molecule has 104 valence electrons. The molecule has 19 heavy (non-hydrogen) atoms. The second-order valence-corrected chi connectivity index (χ2v) is 5.38. The van der Waals surface area contributed by atoms with E-state index in [0.29, 0.717) is 12.3 Å². The smallest absolute Gasteiger partial charge is 0.220 e. The van der Waals surface area contributed by atoms with Gasteiger partial charge >= 0.3 is 0 Å². The fraction of sp³-hybridized carbons (Fsp3) is 0.562. The highest BCUT2D eigenvalue weighted by Crippen LogP contribution is 2.19. The molecule has 1 saturated heterocycles. The standard InChI is InChI=1S/C16H24N2O/c1-2-6-15(14-7-4-3-5-8-14)18-16(19)11-13-9-10-17-12-13/h3-5,7-8,13,15,17H,2,6,9-12H2,1H3,(H,18,19). The molecule has 0 aliphatic carbocycles. The zero-order valence-electron chi connectivity index (χ0n) is 11.7. The van der Waals surface area contributed by atoms with E-state index in [4.69, 9.17) is 0 Å². The van der Waals surface area contributed by atoms with Crippen LogP contribution in [0.2, 0.25) is 0 Å². The van der Waals surface area contributed by atoms with Gasteiger partial charge < -0.3 is 10.6 Å². The number of rotatable bonds is 6. The van der Waals surface area contributed by atoms with Crippen molar-refractivity contribution in [2.45, 2.75) is 38.6 Å². The van der Waals surface area contributed by atoms with Gasteiger partial charge in [-0.15, -0.1) is 0 Å². The van der Waals surface area contributed by atoms with Crippen molar-refractivity contribution in [3.63, 3.8) is 0 Å². The number of benzene rings is 1. The molecule has 3 heteroatoms. The summed E-state index contributed by atoms with van der Waals surface area (Å²) in [5.74, 6) is 0.703. The van der Waals surface area contributed by atoms with Crippen molar-refractivity contribution in [2.75, 3.05) is 13.1 Å². The number of hydrogen-bond donors (Lipinski definition) is 2. The van der Waals surface area contributed by atoms with Crippen LogP contribution in [0, 0.1) is 5.92 Å². The Labute approximate surface area is 115 Å². The molecule has 1 aliphatic rings. The minimum atomic E-state index is 0.160. The van der Waals surface area contributed by atoms with E-state index in [9.17, 15) is 4.79 Å². The average Bonchev–Trinajstić information content (AvgIpc) is 2.92. The Kier molecular flexibility index (Phi) is 5.40. The third kappa shape index (κ3) is 4.35. The molecule has 1 amide bonds. The van der Waals surface area contributed by atoms with Gasteiger partial charge in [0, 0.05) is 6.42 Å². The summed E-state index contributed by atoms with van der Waals surface area (Å²) in [6.07, 6.45) is 3.85. The van der Waals surface area contributed by atoms with Crippen molar-refractivity contribution in [2.24, 2.45) is 5.92 Å². The number of nitrogens with one attached hydrogen (secondary N) is 2. The molecular formula is C16H24N2O. The van der Waals surface area contributed by atoms with Gasteiger partial charge in [-0.3, -0.25) is 4.79 Å². The van der Waals surface area contributed by atoms with Crippen molar-refractivity contribution in [1.29, 1.82) is 0 Å².